The van der Waals surface area contributed by atoms with E-state index in [4.69, 9.17) is 0 Å². The third-order valence-electron chi connectivity index (χ3n) is 3.65. The number of aryl methyl sites for hydroxylation is 1. The van der Waals surface area contributed by atoms with Crippen molar-refractivity contribution in [3.05, 3.63) is 57.5 Å². The fraction of sp³-hybridized carbons (Fsp3) is 0.214. The van der Waals surface area contributed by atoms with Crippen molar-refractivity contribution in [2.75, 3.05) is 6.54 Å². The van der Waals surface area contributed by atoms with Gasteiger partial charge in [-0.15, -0.1) is 0 Å². The fourth-order valence-corrected chi connectivity index (χ4v) is 2.52. The van der Waals surface area contributed by atoms with E-state index in [1.807, 2.05) is 0 Å². The van der Waals surface area contributed by atoms with Crippen LogP contribution in [0, 0.1) is 17.0 Å². The molecule has 0 fully saturated rings. The number of rotatable bonds is 4. The van der Waals surface area contributed by atoms with E-state index in [9.17, 15) is 19.7 Å². The quantitative estimate of drug-likeness (QED) is 0.483. The zero-order valence-corrected chi connectivity index (χ0v) is 11.7. The van der Waals surface area contributed by atoms with Crippen molar-refractivity contribution in [2.24, 2.45) is 0 Å². The summed E-state index contributed by atoms with van der Waals surface area (Å²) in [6.07, 6.45) is 1.16. The molecule has 0 saturated carbocycles. The van der Waals surface area contributed by atoms with Crippen LogP contribution in [0.1, 0.15) is 26.5 Å². The van der Waals surface area contributed by atoms with Gasteiger partial charge in [0.2, 0.25) is 0 Å². The Kier molecular flexibility index (Phi) is 3.21. The predicted octanol–water partition coefficient (Wildman–Crippen LogP) is 1.40. The van der Waals surface area contributed by atoms with Crippen LogP contribution >= 0.6 is 0 Å². The molecule has 0 bridgehead atoms. The molecule has 0 spiro atoms. The van der Waals surface area contributed by atoms with Crippen molar-refractivity contribution in [2.45, 2.75) is 13.5 Å². The summed E-state index contributed by atoms with van der Waals surface area (Å²) < 4.78 is 1.38. The molecule has 0 saturated heterocycles. The van der Waals surface area contributed by atoms with E-state index in [0.29, 0.717) is 17.0 Å². The minimum Gasteiger partial charge on any atom is -0.358 e. The Bertz CT molecular complexity index is 761. The third-order valence-corrected chi connectivity index (χ3v) is 3.65. The van der Waals surface area contributed by atoms with Gasteiger partial charge in [-0.3, -0.25) is 14.5 Å². The normalized spacial score (nSPS) is 13.6. The molecule has 0 radical (unpaired) electrons. The maximum Gasteiger partial charge on any atom is 0.342 e. The number of benzene rings is 1. The standard InChI is InChI=1S/C14H12N4O4/c1-9-15-8-12(18(21)22)16(9)6-7-17-13(19)10-4-2-3-5-11(10)14(17)20/h2-5,8H,6-7H2,1H3. The zero-order chi connectivity index (χ0) is 15.9. The smallest absolute Gasteiger partial charge is 0.342 e. The molecular formula is C14H12N4O4. The lowest BCUT2D eigenvalue weighted by Gasteiger charge is -2.13. The molecule has 1 aliphatic rings. The van der Waals surface area contributed by atoms with Gasteiger partial charge in [-0.1, -0.05) is 12.1 Å². The maximum atomic E-state index is 12.2. The summed E-state index contributed by atoms with van der Waals surface area (Å²) in [6, 6.07) is 6.58. The van der Waals surface area contributed by atoms with Gasteiger partial charge >= 0.3 is 5.82 Å². The highest BCUT2D eigenvalue weighted by Crippen LogP contribution is 2.23. The molecule has 0 unspecified atom stereocenters. The van der Waals surface area contributed by atoms with Crippen molar-refractivity contribution >= 4 is 17.6 Å². The van der Waals surface area contributed by atoms with Crippen LogP contribution in [0.2, 0.25) is 0 Å². The number of hydrogen-bond acceptors (Lipinski definition) is 5. The molecule has 1 aromatic heterocycles. The van der Waals surface area contributed by atoms with Crippen LogP contribution in [-0.4, -0.2) is 37.7 Å². The summed E-state index contributed by atoms with van der Waals surface area (Å²) in [5.74, 6) is -0.445. The van der Waals surface area contributed by atoms with Gasteiger partial charge in [0.05, 0.1) is 17.7 Å². The molecule has 2 aromatic rings. The Morgan fingerprint density at radius 1 is 1.14 bits per heavy atom. The molecule has 3 rings (SSSR count). The SMILES string of the molecule is Cc1ncc([N+](=O)[O-])n1CCN1C(=O)c2ccccc2C1=O. The zero-order valence-electron chi connectivity index (χ0n) is 11.7. The lowest BCUT2D eigenvalue weighted by Crippen LogP contribution is -2.33. The first-order chi connectivity index (χ1) is 10.5. The lowest BCUT2D eigenvalue weighted by atomic mass is 10.1. The summed E-state index contributed by atoms with van der Waals surface area (Å²) in [5.41, 5.74) is 0.730. The van der Waals surface area contributed by atoms with E-state index in [1.165, 1.54) is 4.57 Å². The minimum atomic E-state index is -0.539. The molecule has 8 heteroatoms. The largest absolute Gasteiger partial charge is 0.358 e. The molecule has 2 amide bonds. The number of fused-ring (bicyclic) bond motifs is 1. The first-order valence-corrected chi connectivity index (χ1v) is 6.62. The number of imide groups is 1. The Morgan fingerprint density at radius 2 is 1.73 bits per heavy atom. The maximum absolute atomic E-state index is 12.2. The number of imidazole rings is 1. The van der Waals surface area contributed by atoms with Crippen molar-refractivity contribution < 1.29 is 14.5 Å². The molecule has 22 heavy (non-hydrogen) atoms. The number of nitrogens with zero attached hydrogens (tertiary/aromatic N) is 4. The van der Waals surface area contributed by atoms with Gasteiger partial charge in [-0.05, 0) is 17.1 Å². The molecule has 1 aromatic carbocycles. The van der Waals surface area contributed by atoms with E-state index < -0.39 is 4.92 Å². The highest BCUT2D eigenvalue weighted by Gasteiger charge is 2.35. The summed E-state index contributed by atoms with van der Waals surface area (Å²) >= 11 is 0. The topological polar surface area (TPSA) is 98.3 Å². The molecule has 0 atom stereocenters. The molecular weight excluding hydrogens is 288 g/mol. The monoisotopic (exact) mass is 300 g/mol. The number of carbonyl (C=O) groups excluding carboxylic acids is 2. The van der Waals surface area contributed by atoms with Crippen molar-refractivity contribution in [3.63, 3.8) is 0 Å². The van der Waals surface area contributed by atoms with E-state index >= 15 is 0 Å². The van der Waals surface area contributed by atoms with E-state index in [0.717, 1.165) is 11.1 Å². The van der Waals surface area contributed by atoms with Gasteiger partial charge in [-0.2, -0.15) is 0 Å². The summed E-state index contributed by atoms with van der Waals surface area (Å²) in [7, 11) is 0. The number of amides is 2. The van der Waals surface area contributed by atoms with Crippen molar-refractivity contribution in [1.29, 1.82) is 0 Å². The van der Waals surface area contributed by atoms with Crippen LogP contribution in [-0.2, 0) is 6.54 Å². The first kappa shape index (κ1) is 13.9. The molecule has 1 aliphatic heterocycles. The summed E-state index contributed by atoms with van der Waals surface area (Å²) in [4.78, 5) is 39.8. The Hall–Kier alpha value is -3.03. The van der Waals surface area contributed by atoms with Gasteiger partial charge < -0.3 is 10.1 Å². The third kappa shape index (κ3) is 2.05. The summed E-state index contributed by atoms with van der Waals surface area (Å²) in [5, 5.41) is 10.9. The fourth-order valence-electron chi connectivity index (χ4n) is 2.52. The molecule has 2 heterocycles. The van der Waals surface area contributed by atoms with E-state index in [1.54, 1.807) is 31.2 Å². The average molecular weight is 300 g/mol. The van der Waals surface area contributed by atoms with E-state index in [2.05, 4.69) is 4.98 Å². The molecule has 112 valence electrons. The van der Waals surface area contributed by atoms with Crippen LogP contribution in [0.4, 0.5) is 5.82 Å². The van der Waals surface area contributed by atoms with Crippen molar-refractivity contribution in [3.8, 4) is 0 Å². The Labute approximate surface area is 125 Å². The Balaban J connectivity index is 1.82. The number of carbonyl (C=O) groups is 2. The van der Waals surface area contributed by atoms with Crippen LogP contribution in [0.15, 0.2) is 30.5 Å². The van der Waals surface area contributed by atoms with Crippen molar-refractivity contribution in [1.82, 2.24) is 14.5 Å². The highest BCUT2D eigenvalue weighted by molar-refractivity contribution is 6.21. The van der Waals surface area contributed by atoms with Crippen LogP contribution < -0.4 is 0 Å². The van der Waals surface area contributed by atoms with Gasteiger partial charge in [-0.25, -0.2) is 9.55 Å². The van der Waals surface area contributed by atoms with Crippen LogP contribution in [0.25, 0.3) is 0 Å². The number of aromatic nitrogens is 2. The Morgan fingerprint density at radius 3 is 2.27 bits per heavy atom. The van der Waals surface area contributed by atoms with Gasteiger partial charge in [0, 0.05) is 6.92 Å². The number of hydrogen-bond donors (Lipinski definition) is 0. The molecule has 0 N–H and O–H groups in total. The lowest BCUT2D eigenvalue weighted by molar-refractivity contribution is -0.392. The highest BCUT2D eigenvalue weighted by atomic mass is 16.6. The second kappa shape index (κ2) is 5.06. The first-order valence-electron chi connectivity index (χ1n) is 6.62. The predicted molar refractivity (Wildman–Crippen MR) is 75.4 cm³/mol. The van der Waals surface area contributed by atoms with Crippen LogP contribution in [0.5, 0.6) is 0 Å². The molecule has 8 nitrogen and oxygen atoms in total. The van der Waals surface area contributed by atoms with Gasteiger partial charge in [0.25, 0.3) is 11.8 Å². The number of nitro groups is 1. The van der Waals surface area contributed by atoms with E-state index in [-0.39, 0.29) is 30.7 Å². The molecule has 0 aliphatic carbocycles. The minimum absolute atomic E-state index is 0.0599. The summed E-state index contributed by atoms with van der Waals surface area (Å²) in [6.45, 7) is 1.83. The van der Waals surface area contributed by atoms with Gasteiger partial charge in [0.1, 0.15) is 12.7 Å². The average Bonchev–Trinajstić information content (AvgIpc) is 2.98. The van der Waals surface area contributed by atoms with Gasteiger partial charge in [0.15, 0.2) is 5.82 Å². The van der Waals surface area contributed by atoms with Crippen LogP contribution in [0.3, 0.4) is 0 Å². The second-order valence-electron chi connectivity index (χ2n) is 4.88. The second-order valence-corrected chi connectivity index (χ2v) is 4.88.